The Morgan fingerprint density at radius 1 is 1.03 bits per heavy atom. The van der Waals surface area contributed by atoms with Crippen LogP contribution in [0.5, 0.6) is 0 Å². The molecule has 1 aliphatic carbocycles. The second-order valence-electron chi connectivity index (χ2n) is 8.48. The van der Waals surface area contributed by atoms with Gasteiger partial charge in [0.05, 0.1) is 24.9 Å². The Labute approximate surface area is 197 Å². The average Bonchev–Trinajstić information content (AvgIpc) is 3.60. The van der Waals surface area contributed by atoms with Crippen LogP contribution in [0.15, 0.2) is 71.3 Å². The van der Waals surface area contributed by atoms with Crippen molar-refractivity contribution in [3.63, 3.8) is 0 Å². The molecule has 0 radical (unpaired) electrons. The third-order valence-corrected chi connectivity index (χ3v) is 6.47. The van der Waals surface area contributed by atoms with Crippen molar-refractivity contribution in [2.45, 2.75) is 50.9 Å². The Morgan fingerprint density at radius 2 is 1.79 bits per heavy atom. The fourth-order valence-electron chi connectivity index (χ4n) is 4.62. The van der Waals surface area contributed by atoms with Crippen LogP contribution in [0.4, 0.5) is 4.39 Å². The molecule has 0 amide bonds. The van der Waals surface area contributed by atoms with Gasteiger partial charge in [-0.25, -0.2) is 9.07 Å². The minimum atomic E-state index is -0.254. The topological polar surface area (TPSA) is 60.0 Å². The zero-order valence-corrected chi connectivity index (χ0v) is 18.9. The van der Waals surface area contributed by atoms with Crippen LogP contribution in [0.3, 0.4) is 0 Å². The molecule has 2 aromatic carbocycles. The number of nitrogens with zero attached hydrogens (tertiary/aromatic N) is 5. The Balaban J connectivity index is 1.58. The van der Waals surface area contributed by atoms with E-state index in [-0.39, 0.29) is 11.9 Å². The Hall–Kier alpha value is -3.03. The number of hydrogen-bond acceptors (Lipinski definition) is 5. The summed E-state index contributed by atoms with van der Waals surface area (Å²) in [5.74, 6) is 1.37. The van der Waals surface area contributed by atoms with Gasteiger partial charge in [0, 0.05) is 11.6 Å². The van der Waals surface area contributed by atoms with Gasteiger partial charge in [0.15, 0.2) is 5.82 Å². The third kappa shape index (κ3) is 4.99. The summed E-state index contributed by atoms with van der Waals surface area (Å²) in [4.78, 5) is 2.26. The maximum atomic E-state index is 13.6. The smallest absolute Gasteiger partial charge is 0.173 e. The van der Waals surface area contributed by atoms with E-state index < -0.39 is 0 Å². The molecule has 0 unspecified atom stereocenters. The predicted octanol–water partition coefficient (Wildman–Crippen LogP) is 5.97. The quantitative estimate of drug-likeness (QED) is 0.321. The summed E-state index contributed by atoms with van der Waals surface area (Å²) < 4.78 is 21.3. The lowest BCUT2D eigenvalue weighted by Gasteiger charge is -2.31. The molecule has 2 aromatic heterocycles. The van der Waals surface area contributed by atoms with Gasteiger partial charge in [0.2, 0.25) is 0 Å². The van der Waals surface area contributed by atoms with Gasteiger partial charge in [0.25, 0.3) is 0 Å². The van der Waals surface area contributed by atoms with E-state index in [0.717, 1.165) is 35.6 Å². The first kappa shape index (κ1) is 21.8. The van der Waals surface area contributed by atoms with Crippen LogP contribution in [0.2, 0.25) is 5.02 Å². The van der Waals surface area contributed by atoms with E-state index in [4.69, 9.17) is 16.0 Å². The summed E-state index contributed by atoms with van der Waals surface area (Å²) in [5.41, 5.74) is 2.02. The lowest BCUT2D eigenvalue weighted by molar-refractivity contribution is 0.177. The lowest BCUT2D eigenvalue weighted by atomic mass is 10.0. The van der Waals surface area contributed by atoms with Crippen LogP contribution in [0.1, 0.15) is 60.5 Å². The van der Waals surface area contributed by atoms with Crippen molar-refractivity contribution in [1.29, 1.82) is 0 Å². The van der Waals surface area contributed by atoms with Gasteiger partial charge >= 0.3 is 0 Å². The maximum absolute atomic E-state index is 13.6. The standard InChI is InChI=1S/C25H25ClFN5O/c26-20-11-9-19(10-12-20)24(25-28-29-30-32(25)22-4-1-2-5-22)31(17-23-6-3-15-33-23)16-18-7-13-21(27)14-8-18/h3,6-15,22,24H,1-2,4-5,16-17H2/t24-/m1/s1. The Bertz CT molecular complexity index is 1150. The second-order valence-corrected chi connectivity index (χ2v) is 8.92. The monoisotopic (exact) mass is 465 g/mol. The number of aromatic nitrogens is 4. The molecule has 33 heavy (non-hydrogen) atoms. The van der Waals surface area contributed by atoms with Gasteiger partial charge in [0.1, 0.15) is 11.6 Å². The molecule has 1 fully saturated rings. The first-order valence-corrected chi connectivity index (χ1v) is 11.6. The second kappa shape index (κ2) is 9.85. The van der Waals surface area contributed by atoms with Crippen molar-refractivity contribution < 1.29 is 8.81 Å². The molecule has 170 valence electrons. The molecule has 6 nitrogen and oxygen atoms in total. The minimum Gasteiger partial charge on any atom is -0.468 e. The van der Waals surface area contributed by atoms with Gasteiger partial charge < -0.3 is 4.42 Å². The highest BCUT2D eigenvalue weighted by Crippen LogP contribution is 2.35. The first-order chi connectivity index (χ1) is 16.2. The molecule has 1 saturated carbocycles. The van der Waals surface area contributed by atoms with Gasteiger partial charge in [-0.2, -0.15) is 0 Å². The number of hydrogen-bond donors (Lipinski definition) is 0. The molecule has 0 spiro atoms. The van der Waals surface area contributed by atoms with Crippen molar-refractivity contribution >= 4 is 11.6 Å². The van der Waals surface area contributed by atoms with E-state index in [9.17, 15) is 4.39 Å². The van der Waals surface area contributed by atoms with Gasteiger partial charge in [-0.05, 0) is 70.8 Å². The molecule has 5 rings (SSSR count). The van der Waals surface area contributed by atoms with E-state index in [0.29, 0.717) is 24.2 Å². The van der Waals surface area contributed by atoms with Crippen molar-refractivity contribution in [3.8, 4) is 0 Å². The molecule has 0 bridgehead atoms. The van der Waals surface area contributed by atoms with Crippen molar-refractivity contribution in [2.75, 3.05) is 0 Å². The summed E-state index contributed by atoms with van der Waals surface area (Å²) in [7, 11) is 0. The number of furan rings is 1. The fraction of sp³-hybridized carbons (Fsp3) is 0.320. The van der Waals surface area contributed by atoms with Crippen LogP contribution in [-0.2, 0) is 13.1 Å². The summed E-state index contributed by atoms with van der Waals surface area (Å²) in [5, 5.41) is 13.6. The number of halogens is 2. The SMILES string of the molecule is Fc1ccc(CN(Cc2ccco2)[C@H](c2ccc(Cl)cc2)c2nnnn2C2CCCC2)cc1. The van der Waals surface area contributed by atoms with Crippen molar-refractivity contribution in [1.82, 2.24) is 25.1 Å². The summed E-state index contributed by atoms with van der Waals surface area (Å²) in [6, 6.07) is 18.3. The molecule has 8 heteroatoms. The van der Waals surface area contributed by atoms with Crippen molar-refractivity contribution in [2.24, 2.45) is 0 Å². The molecule has 4 aromatic rings. The summed E-state index contributed by atoms with van der Waals surface area (Å²) in [6.45, 7) is 1.10. The molecule has 0 aliphatic heterocycles. The molecular formula is C25H25ClFN5O. The normalized spacial score (nSPS) is 15.4. The summed E-state index contributed by atoms with van der Waals surface area (Å²) in [6.07, 6.45) is 6.18. The summed E-state index contributed by atoms with van der Waals surface area (Å²) >= 11 is 6.21. The molecule has 0 saturated heterocycles. The van der Waals surface area contributed by atoms with E-state index in [1.807, 2.05) is 53.2 Å². The van der Waals surface area contributed by atoms with E-state index >= 15 is 0 Å². The minimum absolute atomic E-state index is 0.243. The highest BCUT2D eigenvalue weighted by Gasteiger charge is 2.32. The molecule has 2 heterocycles. The van der Waals surface area contributed by atoms with E-state index in [1.54, 1.807) is 6.26 Å². The van der Waals surface area contributed by atoms with Crippen molar-refractivity contribution in [3.05, 3.63) is 100 Å². The highest BCUT2D eigenvalue weighted by atomic mass is 35.5. The highest BCUT2D eigenvalue weighted by molar-refractivity contribution is 6.30. The van der Waals surface area contributed by atoms with E-state index in [2.05, 4.69) is 20.4 Å². The lowest BCUT2D eigenvalue weighted by Crippen LogP contribution is -2.32. The zero-order valence-electron chi connectivity index (χ0n) is 18.1. The Kier molecular flexibility index (Phi) is 6.51. The largest absolute Gasteiger partial charge is 0.468 e. The van der Waals surface area contributed by atoms with Crippen LogP contribution in [-0.4, -0.2) is 25.1 Å². The van der Waals surface area contributed by atoms with E-state index in [1.165, 1.54) is 25.0 Å². The number of benzene rings is 2. The first-order valence-electron chi connectivity index (χ1n) is 11.2. The Morgan fingerprint density at radius 3 is 2.48 bits per heavy atom. The molecule has 0 N–H and O–H groups in total. The molecule has 1 aliphatic rings. The van der Waals surface area contributed by atoms with Crippen LogP contribution < -0.4 is 0 Å². The third-order valence-electron chi connectivity index (χ3n) is 6.22. The number of rotatable bonds is 8. The predicted molar refractivity (Wildman–Crippen MR) is 123 cm³/mol. The zero-order chi connectivity index (χ0) is 22.6. The van der Waals surface area contributed by atoms with Gasteiger partial charge in [-0.3, -0.25) is 4.90 Å². The number of tetrazole rings is 1. The average molecular weight is 466 g/mol. The van der Waals surface area contributed by atoms with Crippen LogP contribution in [0.25, 0.3) is 0 Å². The van der Waals surface area contributed by atoms with Gasteiger partial charge in [-0.1, -0.05) is 48.7 Å². The van der Waals surface area contributed by atoms with Crippen LogP contribution >= 0.6 is 11.6 Å². The van der Waals surface area contributed by atoms with Gasteiger partial charge in [-0.15, -0.1) is 5.10 Å². The van der Waals surface area contributed by atoms with Crippen LogP contribution in [0, 0.1) is 5.82 Å². The molecule has 1 atom stereocenters. The maximum Gasteiger partial charge on any atom is 0.173 e. The molecular weight excluding hydrogens is 441 g/mol. The fourth-order valence-corrected chi connectivity index (χ4v) is 4.75.